The molecule has 0 saturated heterocycles. The van der Waals surface area contributed by atoms with E-state index >= 15 is 0 Å². The van der Waals surface area contributed by atoms with Gasteiger partial charge < -0.3 is 5.73 Å². The van der Waals surface area contributed by atoms with Crippen molar-refractivity contribution in [3.8, 4) is 6.07 Å². The van der Waals surface area contributed by atoms with Gasteiger partial charge in [-0.1, -0.05) is 55.3 Å². The maximum Gasteiger partial charge on any atom is 0.162 e. The molecule has 0 amide bonds. The third-order valence-corrected chi connectivity index (χ3v) is 6.95. The molecule has 2 N–H and O–H groups in total. The number of halogens is 1. The minimum Gasteiger partial charge on any atom is -0.384 e. The van der Waals surface area contributed by atoms with Crippen molar-refractivity contribution in [2.75, 3.05) is 4.90 Å². The average Bonchev–Trinajstić information content (AvgIpc) is 2.70. The molecule has 32 heavy (non-hydrogen) atoms. The number of ketones is 1. The van der Waals surface area contributed by atoms with Crippen molar-refractivity contribution in [1.29, 1.82) is 5.26 Å². The molecule has 4 rings (SSSR count). The number of aryl methyl sites for hydroxylation is 3. The Balaban J connectivity index is 2.04. The van der Waals surface area contributed by atoms with Gasteiger partial charge in [-0.25, -0.2) is 0 Å². The van der Waals surface area contributed by atoms with Gasteiger partial charge in [0.1, 0.15) is 5.82 Å². The molecule has 2 aromatic rings. The van der Waals surface area contributed by atoms with Crippen molar-refractivity contribution < 1.29 is 4.79 Å². The van der Waals surface area contributed by atoms with E-state index in [-0.39, 0.29) is 11.2 Å². The molecule has 164 valence electrons. The Labute approximate surface area is 195 Å². The number of Topliss-reactive ketones (excluding diaryl/α,β-unsaturated/α-hetero) is 1. The van der Waals surface area contributed by atoms with E-state index in [2.05, 4.69) is 26.0 Å². The van der Waals surface area contributed by atoms with Gasteiger partial charge in [0.2, 0.25) is 0 Å². The number of anilines is 1. The highest BCUT2D eigenvalue weighted by Crippen LogP contribution is 2.50. The highest BCUT2D eigenvalue weighted by molar-refractivity contribution is 6.31. The first-order valence-corrected chi connectivity index (χ1v) is 11.2. The number of allylic oxidation sites excluding steroid dienone is 3. The highest BCUT2D eigenvalue weighted by atomic mass is 35.5. The number of hydrogen-bond donors (Lipinski definition) is 1. The first-order chi connectivity index (χ1) is 15.0. The number of rotatable bonds is 2. The zero-order valence-electron chi connectivity index (χ0n) is 19.2. The summed E-state index contributed by atoms with van der Waals surface area (Å²) in [7, 11) is 0. The number of nitrogens with two attached hydrogens (primary N) is 1. The Hall–Kier alpha value is -3.03. The molecule has 1 unspecified atom stereocenters. The van der Waals surface area contributed by atoms with Crippen molar-refractivity contribution in [1.82, 2.24) is 0 Å². The first-order valence-electron chi connectivity index (χ1n) is 10.8. The number of hydrogen-bond acceptors (Lipinski definition) is 4. The van der Waals surface area contributed by atoms with E-state index in [9.17, 15) is 10.1 Å². The summed E-state index contributed by atoms with van der Waals surface area (Å²) in [5, 5.41) is 10.8. The second-order valence-corrected chi connectivity index (χ2v) is 10.2. The fourth-order valence-electron chi connectivity index (χ4n) is 4.91. The van der Waals surface area contributed by atoms with Crippen molar-refractivity contribution in [2.45, 2.75) is 53.4 Å². The molecule has 4 nitrogen and oxygen atoms in total. The molecule has 1 heterocycles. The fourth-order valence-corrected chi connectivity index (χ4v) is 5.08. The standard InChI is InChI=1S/C27H28ClN3O/c1-15-6-7-16(2)19(10-15)24-20(14-29)26(30)31(18-9-8-17(3)21(28)11-18)22-12-27(4,5)13-23(32)25(22)24/h6-11,24H,12-13,30H2,1-5H3. The van der Waals surface area contributed by atoms with Crippen LogP contribution in [0.5, 0.6) is 0 Å². The minimum absolute atomic E-state index is 0.0746. The minimum atomic E-state index is -0.462. The Morgan fingerprint density at radius 3 is 2.44 bits per heavy atom. The fraction of sp³-hybridized carbons (Fsp3) is 0.333. The van der Waals surface area contributed by atoms with Crippen LogP contribution in [0, 0.1) is 37.5 Å². The molecule has 2 aliphatic rings. The van der Waals surface area contributed by atoms with Crippen molar-refractivity contribution >= 4 is 23.1 Å². The number of carbonyl (C=O) groups is 1. The maximum absolute atomic E-state index is 13.6. The molecule has 0 saturated carbocycles. The lowest BCUT2D eigenvalue weighted by atomic mass is 9.68. The van der Waals surface area contributed by atoms with Crippen molar-refractivity contribution in [3.05, 3.63) is 86.3 Å². The van der Waals surface area contributed by atoms with Crippen molar-refractivity contribution in [2.24, 2.45) is 11.1 Å². The average molecular weight is 446 g/mol. The first kappa shape index (κ1) is 22.2. The molecular weight excluding hydrogens is 418 g/mol. The molecule has 1 atom stereocenters. The van der Waals surface area contributed by atoms with Crippen LogP contribution in [0.4, 0.5) is 5.69 Å². The van der Waals surface area contributed by atoms with Gasteiger partial charge in [0.15, 0.2) is 5.78 Å². The van der Waals surface area contributed by atoms with E-state index in [0.29, 0.717) is 34.8 Å². The van der Waals surface area contributed by atoms with Gasteiger partial charge in [-0.15, -0.1) is 0 Å². The number of nitrogens with zero attached hydrogens (tertiary/aromatic N) is 2. The lowest BCUT2D eigenvalue weighted by Gasteiger charge is -2.44. The van der Waals surface area contributed by atoms with E-state index < -0.39 is 5.92 Å². The van der Waals surface area contributed by atoms with Gasteiger partial charge in [0.25, 0.3) is 0 Å². The predicted octanol–water partition coefficient (Wildman–Crippen LogP) is 6.21. The molecule has 0 radical (unpaired) electrons. The van der Waals surface area contributed by atoms with Crippen LogP contribution < -0.4 is 10.6 Å². The summed E-state index contributed by atoms with van der Waals surface area (Å²) in [6.45, 7) is 10.2. The predicted molar refractivity (Wildman–Crippen MR) is 129 cm³/mol. The van der Waals surface area contributed by atoms with E-state index in [1.165, 1.54) is 0 Å². The monoisotopic (exact) mass is 445 g/mol. The molecular formula is C27H28ClN3O. The Morgan fingerprint density at radius 1 is 1.09 bits per heavy atom. The zero-order valence-corrected chi connectivity index (χ0v) is 20.0. The van der Waals surface area contributed by atoms with Crippen LogP contribution in [0.25, 0.3) is 0 Å². The molecule has 0 aromatic heterocycles. The van der Waals surface area contributed by atoms with Gasteiger partial charge >= 0.3 is 0 Å². The van der Waals surface area contributed by atoms with Gasteiger partial charge in [0.05, 0.1) is 17.6 Å². The van der Waals surface area contributed by atoms with Gasteiger partial charge in [-0.3, -0.25) is 9.69 Å². The summed E-state index contributed by atoms with van der Waals surface area (Å²) < 4.78 is 0. The van der Waals surface area contributed by atoms with Crippen LogP contribution in [-0.2, 0) is 4.79 Å². The smallest absolute Gasteiger partial charge is 0.162 e. The summed E-state index contributed by atoms with van der Waals surface area (Å²) >= 11 is 6.44. The molecule has 0 bridgehead atoms. The van der Waals surface area contributed by atoms with Crippen LogP contribution in [0.2, 0.25) is 5.02 Å². The van der Waals surface area contributed by atoms with E-state index in [0.717, 1.165) is 33.6 Å². The SMILES string of the molecule is Cc1ccc(C)c(C2C(C#N)=C(N)N(c3ccc(C)c(Cl)c3)C3=C2C(=O)CC(C)(C)C3)c1. The molecule has 0 spiro atoms. The van der Waals surface area contributed by atoms with Crippen LogP contribution in [0.1, 0.15) is 54.9 Å². The van der Waals surface area contributed by atoms with E-state index in [1.807, 2.05) is 56.0 Å². The lowest BCUT2D eigenvalue weighted by Crippen LogP contribution is -2.42. The largest absolute Gasteiger partial charge is 0.384 e. The Bertz CT molecular complexity index is 1250. The molecule has 0 fully saturated rings. The molecule has 2 aromatic carbocycles. The van der Waals surface area contributed by atoms with Crippen LogP contribution in [0.3, 0.4) is 0 Å². The molecule has 5 heteroatoms. The summed E-state index contributed by atoms with van der Waals surface area (Å²) in [6, 6.07) is 14.2. The van der Waals surface area contributed by atoms with Crippen LogP contribution in [0.15, 0.2) is 59.1 Å². The number of nitriles is 1. The van der Waals surface area contributed by atoms with Crippen LogP contribution in [-0.4, -0.2) is 5.78 Å². The Morgan fingerprint density at radius 2 is 1.78 bits per heavy atom. The maximum atomic E-state index is 13.6. The number of carbonyl (C=O) groups excluding carboxylic acids is 1. The molecule has 1 aliphatic carbocycles. The van der Waals surface area contributed by atoms with Crippen molar-refractivity contribution in [3.63, 3.8) is 0 Å². The summed E-state index contributed by atoms with van der Waals surface area (Å²) in [6.07, 6.45) is 1.12. The van der Waals surface area contributed by atoms with E-state index in [4.69, 9.17) is 17.3 Å². The second-order valence-electron chi connectivity index (χ2n) is 9.77. The quantitative estimate of drug-likeness (QED) is 0.596. The topological polar surface area (TPSA) is 70.1 Å². The third-order valence-electron chi connectivity index (χ3n) is 6.54. The van der Waals surface area contributed by atoms with Gasteiger partial charge in [-0.2, -0.15) is 5.26 Å². The zero-order chi connectivity index (χ0) is 23.4. The number of benzene rings is 2. The second kappa shape index (κ2) is 7.83. The Kier molecular flexibility index (Phi) is 5.43. The van der Waals surface area contributed by atoms with Crippen LogP contribution >= 0.6 is 11.6 Å². The summed E-state index contributed by atoms with van der Waals surface area (Å²) in [4.78, 5) is 15.5. The van der Waals surface area contributed by atoms with Gasteiger partial charge in [-0.05, 0) is 61.4 Å². The lowest BCUT2D eigenvalue weighted by molar-refractivity contribution is -0.118. The third kappa shape index (κ3) is 3.61. The molecule has 1 aliphatic heterocycles. The summed E-state index contributed by atoms with van der Waals surface area (Å²) in [5.41, 5.74) is 13.3. The highest BCUT2D eigenvalue weighted by Gasteiger charge is 2.45. The van der Waals surface area contributed by atoms with Gasteiger partial charge in [0, 0.05) is 28.4 Å². The normalized spacial score (nSPS) is 20.3. The summed E-state index contributed by atoms with van der Waals surface area (Å²) in [5.74, 6) is -0.0242. The van der Waals surface area contributed by atoms with E-state index in [1.54, 1.807) is 0 Å².